The van der Waals surface area contributed by atoms with E-state index in [-0.39, 0.29) is 5.72 Å². The lowest BCUT2D eigenvalue weighted by Crippen LogP contribution is -2.51. The lowest BCUT2D eigenvalue weighted by Gasteiger charge is -2.44. The molecule has 2 nitrogen and oxygen atoms in total. The van der Waals surface area contributed by atoms with Crippen molar-refractivity contribution in [3.05, 3.63) is 0 Å². The van der Waals surface area contributed by atoms with E-state index >= 15 is 0 Å². The van der Waals surface area contributed by atoms with Crippen molar-refractivity contribution < 1.29 is 4.74 Å². The molecule has 0 bridgehead atoms. The standard InChI is InChI=1S/C11H23NO/c1-4-5-8-11(13-3)9-6-7-10-12(11)2/h4-10H2,1-3H3. The molecule has 0 radical (unpaired) electrons. The number of unbranched alkanes of at least 4 members (excludes halogenated alkanes) is 1. The first-order valence-corrected chi connectivity index (χ1v) is 5.51. The third kappa shape index (κ3) is 2.44. The highest BCUT2D eigenvalue weighted by atomic mass is 16.5. The minimum absolute atomic E-state index is 0.0637. The van der Waals surface area contributed by atoms with Crippen LogP contribution in [0.25, 0.3) is 0 Å². The molecule has 2 heteroatoms. The maximum atomic E-state index is 5.72. The molecule has 0 spiro atoms. The third-order valence-corrected chi connectivity index (χ3v) is 3.31. The number of likely N-dealkylation sites (tertiary alicyclic amines) is 1. The predicted molar refractivity (Wildman–Crippen MR) is 55.7 cm³/mol. The van der Waals surface area contributed by atoms with Gasteiger partial charge < -0.3 is 4.74 Å². The topological polar surface area (TPSA) is 12.5 Å². The summed E-state index contributed by atoms with van der Waals surface area (Å²) in [6.45, 7) is 3.43. The second-order valence-electron chi connectivity index (χ2n) is 4.13. The molecular weight excluding hydrogens is 162 g/mol. The molecule has 1 heterocycles. The second kappa shape index (κ2) is 4.97. The van der Waals surface area contributed by atoms with Gasteiger partial charge in [-0.15, -0.1) is 0 Å². The summed E-state index contributed by atoms with van der Waals surface area (Å²) in [6.07, 6.45) is 7.59. The molecule has 1 aliphatic rings. The maximum absolute atomic E-state index is 5.72. The molecule has 1 rings (SSSR count). The summed E-state index contributed by atoms with van der Waals surface area (Å²) in [4.78, 5) is 2.40. The van der Waals surface area contributed by atoms with Crippen LogP contribution in [0.5, 0.6) is 0 Å². The van der Waals surface area contributed by atoms with Gasteiger partial charge in [-0.1, -0.05) is 13.3 Å². The summed E-state index contributed by atoms with van der Waals surface area (Å²) in [5, 5.41) is 0. The number of hydrogen-bond acceptors (Lipinski definition) is 2. The van der Waals surface area contributed by atoms with E-state index in [4.69, 9.17) is 4.74 Å². The Balaban J connectivity index is 2.53. The van der Waals surface area contributed by atoms with Crippen molar-refractivity contribution >= 4 is 0 Å². The van der Waals surface area contributed by atoms with Gasteiger partial charge in [0, 0.05) is 13.7 Å². The molecule has 1 unspecified atom stereocenters. The number of ether oxygens (including phenoxy) is 1. The average molecular weight is 185 g/mol. The lowest BCUT2D eigenvalue weighted by atomic mass is 9.93. The number of methoxy groups -OCH3 is 1. The molecule has 1 aliphatic heterocycles. The molecule has 0 N–H and O–H groups in total. The van der Waals surface area contributed by atoms with Crippen molar-refractivity contribution in [1.82, 2.24) is 4.90 Å². The molecule has 1 fully saturated rings. The summed E-state index contributed by atoms with van der Waals surface area (Å²) in [7, 11) is 4.05. The van der Waals surface area contributed by atoms with Crippen molar-refractivity contribution in [3.63, 3.8) is 0 Å². The average Bonchev–Trinajstić information content (AvgIpc) is 2.17. The van der Waals surface area contributed by atoms with Crippen LogP contribution in [0.15, 0.2) is 0 Å². The first-order chi connectivity index (χ1) is 6.25. The first-order valence-electron chi connectivity index (χ1n) is 5.51. The molecule has 0 amide bonds. The minimum atomic E-state index is 0.0637. The van der Waals surface area contributed by atoms with E-state index in [2.05, 4.69) is 18.9 Å². The summed E-state index contributed by atoms with van der Waals surface area (Å²) >= 11 is 0. The fourth-order valence-corrected chi connectivity index (χ4v) is 2.27. The van der Waals surface area contributed by atoms with Crippen LogP contribution in [0.4, 0.5) is 0 Å². The maximum Gasteiger partial charge on any atom is 0.121 e. The van der Waals surface area contributed by atoms with E-state index in [1.807, 2.05) is 7.11 Å². The molecule has 1 saturated heterocycles. The van der Waals surface area contributed by atoms with E-state index < -0.39 is 0 Å². The number of piperidine rings is 1. The van der Waals surface area contributed by atoms with Crippen LogP contribution in [0.3, 0.4) is 0 Å². The van der Waals surface area contributed by atoms with Gasteiger partial charge in [0.05, 0.1) is 0 Å². The fraction of sp³-hybridized carbons (Fsp3) is 1.00. The van der Waals surface area contributed by atoms with Gasteiger partial charge in [-0.05, 0) is 39.2 Å². The van der Waals surface area contributed by atoms with E-state index in [0.717, 1.165) is 0 Å². The molecule has 78 valence electrons. The van der Waals surface area contributed by atoms with Crippen LogP contribution in [0.2, 0.25) is 0 Å². The van der Waals surface area contributed by atoms with Crippen LogP contribution in [0.1, 0.15) is 45.4 Å². The summed E-state index contributed by atoms with van der Waals surface area (Å²) in [6, 6.07) is 0. The quantitative estimate of drug-likeness (QED) is 0.667. The SMILES string of the molecule is CCCCC1(OC)CCCCN1C. The van der Waals surface area contributed by atoms with Gasteiger partial charge in [0.2, 0.25) is 0 Å². The molecule has 13 heavy (non-hydrogen) atoms. The van der Waals surface area contributed by atoms with E-state index in [1.165, 1.54) is 45.1 Å². The van der Waals surface area contributed by atoms with Crippen molar-refractivity contribution in [2.24, 2.45) is 0 Å². The molecule has 0 aromatic rings. The van der Waals surface area contributed by atoms with Gasteiger partial charge in [-0.2, -0.15) is 0 Å². The van der Waals surface area contributed by atoms with Crippen LogP contribution in [-0.2, 0) is 4.74 Å². The zero-order chi connectivity index (χ0) is 9.73. The zero-order valence-corrected chi connectivity index (χ0v) is 9.31. The van der Waals surface area contributed by atoms with Gasteiger partial charge >= 0.3 is 0 Å². The molecule has 0 saturated carbocycles. The Morgan fingerprint density at radius 2 is 2.15 bits per heavy atom. The third-order valence-electron chi connectivity index (χ3n) is 3.31. The Morgan fingerprint density at radius 1 is 1.38 bits per heavy atom. The van der Waals surface area contributed by atoms with Crippen LogP contribution < -0.4 is 0 Å². The van der Waals surface area contributed by atoms with Crippen LogP contribution in [0, 0.1) is 0 Å². The molecule has 0 aliphatic carbocycles. The van der Waals surface area contributed by atoms with E-state index in [0.29, 0.717) is 0 Å². The Bertz CT molecular complexity index is 149. The zero-order valence-electron chi connectivity index (χ0n) is 9.31. The minimum Gasteiger partial charge on any atom is -0.364 e. The van der Waals surface area contributed by atoms with Crippen molar-refractivity contribution in [2.45, 2.75) is 51.2 Å². The molecule has 0 aromatic carbocycles. The highest BCUT2D eigenvalue weighted by Gasteiger charge is 2.35. The largest absolute Gasteiger partial charge is 0.364 e. The normalized spacial score (nSPS) is 30.7. The highest BCUT2D eigenvalue weighted by Crippen LogP contribution is 2.31. The Kier molecular flexibility index (Phi) is 4.20. The predicted octanol–water partition coefficient (Wildman–Crippen LogP) is 2.64. The van der Waals surface area contributed by atoms with E-state index in [1.54, 1.807) is 0 Å². The Hall–Kier alpha value is -0.0800. The highest BCUT2D eigenvalue weighted by molar-refractivity contribution is 4.83. The van der Waals surface area contributed by atoms with Crippen LogP contribution in [-0.4, -0.2) is 31.3 Å². The van der Waals surface area contributed by atoms with Crippen molar-refractivity contribution in [3.8, 4) is 0 Å². The monoisotopic (exact) mass is 185 g/mol. The lowest BCUT2D eigenvalue weighted by molar-refractivity contribution is -0.151. The smallest absolute Gasteiger partial charge is 0.121 e. The van der Waals surface area contributed by atoms with Crippen molar-refractivity contribution in [1.29, 1.82) is 0 Å². The van der Waals surface area contributed by atoms with Crippen molar-refractivity contribution in [2.75, 3.05) is 20.7 Å². The fourth-order valence-electron chi connectivity index (χ4n) is 2.27. The Labute approximate surface area is 82.3 Å². The van der Waals surface area contributed by atoms with Gasteiger partial charge in [-0.25, -0.2) is 0 Å². The molecular formula is C11H23NO. The van der Waals surface area contributed by atoms with Crippen LogP contribution >= 0.6 is 0 Å². The van der Waals surface area contributed by atoms with Gasteiger partial charge in [0.15, 0.2) is 0 Å². The molecule has 1 atom stereocenters. The van der Waals surface area contributed by atoms with Gasteiger partial charge in [0.25, 0.3) is 0 Å². The summed E-state index contributed by atoms with van der Waals surface area (Å²) in [5.74, 6) is 0. The number of rotatable bonds is 4. The number of hydrogen-bond donors (Lipinski definition) is 0. The first kappa shape index (κ1) is 11.0. The summed E-state index contributed by atoms with van der Waals surface area (Å²) in [5.41, 5.74) is 0.0637. The number of nitrogens with zero attached hydrogens (tertiary/aromatic N) is 1. The van der Waals surface area contributed by atoms with Gasteiger partial charge in [-0.3, -0.25) is 4.90 Å². The van der Waals surface area contributed by atoms with E-state index in [9.17, 15) is 0 Å². The molecule has 0 aromatic heterocycles. The summed E-state index contributed by atoms with van der Waals surface area (Å²) < 4.78 is 5.72. The van der Waals surface area contributed by atoms with Gasteiger partial charge in [0.1, 0.15) is 5.72 Å². The Morgan fingerprint density at radius 3 is 2.69 bits per heavy atom. The second-order valence-corrected chi connectivity index (χ2v) is 4.13.